The van der Waals surface area contributed by atoms with Gasteiger partial charge in [0.25, 0.3) is 0 Å². The van der Waals surface area contributed by atoms with Crippen molar-refractivity contribution in [3.63, 3.8) is 0 Å². The molecule has 2 aromatic rings. The van der Waals surface area contributed by atoms with Gasteiger partial charge in [0.2, 0.25) is 0 Å². The van der Waals surface area contributed by atoms with Crippen molar-refractivity contribution in [2.24, 2.45) is 0 Å². The highest BCUT2D eigenvalue weighted by Gasteiger charge is 2.21. The molecule has 0 aliphatic carbocycles. The number of rotatable bonds is 6. The molecule has 0 atom stereocenters. The zero-order valence-electron chi connectivity index (χ0n) is 17.3. The van der Waals surface area contributed by atoms with Gasteiger partial charge in [0.05, 0.1) is 11.1 Å². The second kappa shape index (κ2) is 8.08. The number of hydrogen-bond donors (Lipinski definition) is 0. The van der Waals surface area contributed by atoms with Crippen molar-refractivity contribution >= 4 is 11.9 Å². The predicted molar refractivity (Wildman–Crippen MR) is 109 cm³/mol. The molecule has 3 heteroatoms. The Balaban J connectivity index is 2.08. The van der Waals surface area contributed by atoms with Gasteiger partial charge in [0.15, 0.2) is 0 Å². The van der Waals surface area contributed by atoms with Crippen LogP contribution >= 0.6 is 0 Å². The monoisotopic (exact) mass is 366 g/mol. The molecule has 0 aliphatic rings. The van der Waals surface area contributed by atoms with Crippen LogP contribution in [0, 0.1) is 0 Å². The molecule has 0 N–H and O–H groups in total. The number of carbonyl (C=O) groups excluding carboxylic acids is 2. The highest BCUT2D eigenvalue weighted by Crippen LogP contribution is 2.28. The minimum atomic E-state index is -0.626. The first-order valence-electron chi connectivity index (χ1n) is 9.58. The zero-order chi connectivity index (χ0) is 20.2. The van der Waals surface area contributed by atoms with Gasteiger partial charge >= 0.3 is 11.9 Å². The minimum absolute atomic E-state index is 0.0479. The van der Waals surface area contributed by atoms with E-state index in [1.807, 2.05) is 24.3 Å². The first kappa shape index (κ1) is 20.9. The Morgan fingerprint density at radius 2 is 0.963 bits per heavy atom. The van der Waals surface area contributed by atoms with Crippen LogP contribution in [-0.2, 0) is 15.6 Å². The molecule has 0 amide bonds. The largest absolute Gasteiger partial charge is 0.386 e. The average Bonchev–Trinajstić information content (AvgIpc) is 2.68. The maximum absolute atomic E-state index is 12.3. The highest BCUT2D eigenvalue weighted by molar-refractivity contribution is 6.02. The van der Waals surface area contributed by atoms with Gasteiger partial charge in [-0.15, -0.1) is 0 Å². The summed E-state index contributed by atoms with van der Waals surface area (Å²) in [6.45, 7) is 12.9. The summed E-state index contributed by atoms with van der Waals surface area (Å²) < 4.78 is 5.05. The van der Waals surface area contributed by atoms with Gasteiger partial charge < -0.3 is 4.74 Å². The molecule has 0 unspecified atom stereocenters. The molecule has 0 heterocycles. The van der Waals surface area contributed by atoms with Gasteiger partial charge in [-0.3, -0.25) is 0 Å². The zero-order valence-corrected chi connectivity index (χ0v) is 17.3. The SMILES string of the molecule is CCC(C)(C)c1ccc(C(=O)OC(=O)c2ccc(C(C)(C)CC)cc2)cc1. The summed E-state index contributed by atoms with van der Waals surface area (Å²) in [4.78, 5) is 24.6. The van der Waals surface area contributed by atoms with Crippen molar-refractivity contribution in [1.82, 2.24) is 0 Å². The van der Waals surface area contributed by atoms with Crippen molar-refractivity contribution < 1.29 is 14.3 Å². The molecular formula is C24H30O3. The third-order valence-corrected chi connectivity index (χ3v) is 5.76. The molecule has 0 saturated heterocycles. The fourth-order valence-corrected chi connectivity index (χ4v) is 2.73. The van der Waals surface area contributed by atoms with E-state index in [1.165, 1.54) is 0 Å². The van der Waals surface area contributed by atoms with E-state index in [9.17, 15) is 9.59 Å². The lowest BCUT2D eigenvalue weighted by Gasteiger charge is -2.23. The van der Waals surface area contributed by atoms with Crippen LogP contribution in [0.3, 0.4) is 0 Å². The van der Waals surface area contributed by atoms with Gasteiger partial charge in [-0.1, -0.05) is 65.8 Å². The molecule has 0 saturated carbocycles. The molecule has 27 heavy (non-hydrogen) atoms. The highest BCUT2D eigenvalue weighted by atomic mass is 16.6. The predicted octanol–water partition coefficient (Wildman–Crippen LogP) is 6.06. The second-order valence-corrected chi connectivity index (χ2v) is 8.31. The Morgan fingerprint density at radius 3 is 1.22 bits per heavy atom. The standard InChI is InChI=1S/C24H30O3/c1-7-23(3,4)19-13-9-17(10-14-19)21(25)27-22(26)18-11-15-20(16-12-18)24(5,6)8-2/h9-16H,7-8H2,1-6H3. The lowest BCUT2D eigenvalue weighted by atomic mass is 9.82. The van der Waals surface area contributed by atoms with Crippen LogP contribution in [0.2, 0.25) is 0 Å². The van der Waals surface area contributed by atoms with Gasteiger partial charge in [0.1, 0.15) is 0 Å². The van der Waals surface area contributed by atoms with E-state index in [1.54, 1.807) is 24.3 Å². The summed E-state index contributed by atoms with van der Waals surface area (Å²) in [6.07, 6.45) is 2.00. The third-order valence-electron chi connectivity index (χ3n) is 5.76. The summed E-state index contributed by atoms with van der Waals surface area (Å²) in [5, 5.41) is 0. The molecule has 0 aliphatic heterocycles. The number of hydrogen-bond acceptors (Lipinski definition) is 3. The molecular weight excluding hydrogens is 336 g/mol. The summed E-state index contributed by atoms with van der Waals surface area (Å²) in [7, 11) is 0. The fraction of sp³-hybridized carbons (Fsp3) is 0.417. The lowest BCUT2D eigenvalue weighted by Crippen LogP contribution is -2.17. The van der Waals surface area contributed by atoms with Crippen molar-refractivity contribution in [3.05, 3.63) is 70.8 Å². The number of carbonyl (C=O) groups is 2. The van der Waals surface area contributed by atoms with Crippen LogP contribution in [0.25, 0.3) is 0 Å². The van der Waals surface area contributed by atoms with Crippen LogP contribution in [0.15, 0.2) is 48.5 Å². The number of esters is 2. The summed E-state index contributed by atoms with van der Waals surface area (Å²) in [5.74, 6) is -1.25. The Bertz CT molecular complexity index is 727. The van der Waals surface area contributed by atoms with Crippen LogP contribution in [0.1, 0.15) is 86.2 Å². The van der Waals surface area contributed by atoms with Gasteiger partial charge in [0, 0.05) is 0 Å². The third kappa shape index (κ3) is 4.85. The number of ether oxygens (including phenoxy) is 1. The van der Waals surface area contributed by atoms with Crippen molar-refractivity contribution in [2.45, 2.75) is 65.2 Å². The quantitative estimate of drug-likeness (QED) is 0.461. The minimum Gasteiger partial charge on any atom is -0.386 e. The molecule has 2 aromatic carbocycles. The fourth-order valence-electron chi connectivity index (χ4n) is 2.73. The molecule has 0 spiro atoms. The maximum Gasteiger partial charge on any atom is 0.346 e. The van der Waals surface area contributed by atoms with Crippen LogP contribution in [0.4, 0.5) is 0 Å². The van der Waals surface area contributed by atoms with Gasteiger partial charge in [-0.05, 0) is 59.1 Å². The molecule has 0 fully saturated rings. The molecule has 0 radical (unpaired) electrons. The summed E-state index contributed by atoms with van der Waals surface area (Å²) in [5.41, 5.74) is 3.16. The van der Waals surface area contributed by atoms with E-state index >= 15 is 0 Å². The Morgan fingerprint density at radius 1 is 0.667 bits per heavy atom. The summed E-state index contributed by atoms with van der Waals surface area (Å²) >= 11 is 0. The topological polar surface area (TPSA) is 43.4 Å². The second-order valence-electron chi connectivity index (χ2n) is 8.31. The average molecular weight is 367 g/mol. The molecule has 2 rings (SSSR count). The number of benzene rings is 2. The van der Waals surface area contributed by atoms with Crippen molar-refractivity contribution in [2.75, 3.05) is 0 Å². The Kier molecular flexibility index (Phi) is 6.25. The first-order chi connectivity index (χ1) is 12.6. The van der Waals surface area contributed by atoms with Crippen LogP contribution in [0.5, 0.6) is 0 Å². The van der Waals surface area contributed by atoms with Crippen LogP contribution < -0.4 is 0 Å². The summed E-state index contributed by atoms with van der Waals surface area (Å²) in [6, 6.07) is 14.6. The van der Waals surface area contributed by atoms with Gasteiger partial charge in [-0.25, -0.2) is 9.59 Å². The smallest absolute Gasteiger partial charge is 0.346 e. The van der Waals surface area contributed by atoms with E-state index in [-0.39, 0.29) is 10.8 Å². The molecule has 0 aromatic heterocycles. The van der Waals surface area contributed by atoms with E-state index in [2.05, 4.69) is 41.5 Å². The lowest BCUT2D eigenvalue weighted by molar-refractivity contribution is 0.0397. The first-order valence-corrected chi connectivity index (χ1v) is 9.58. The maximum atomic E-state index is 12.3. The molecule has 144 valence electrons. The van der Waals surface area contributed by atoms with E-state index in [0.29, 0.717) is 11.1 Å². The van der Waals surface area contributed by atoms with E-state index in [0.717, 1.165) is 24.0 Å². The van der Waals surface area contributed by atoms with E-state index < -0.39 is 11.9 Å². The Labute approximate surface area is 162 Å². The molecule has 3 nitrogen and oxygen atoms in total. The van der Waals surface area contributed by atoms with Crippen molar-refractivity contribution in [3.8, 4) is 0 Å². The van der Waals surface area contributed by atoms with Crippen molar-refractivity contribution in [1.29, 1.82) is 0 Å². The molecule has 0 bridgehead atoms. The van der Waals surface area contributed by atoms with Crippen LogP contribution in [-0.4, -0.2) is 11.9 Å². The van der Waals surface area contributed by atoms with Gasteiger partial charge in [-0.2, -0.15) is 0 Å². The van der Waals surface area contributed by atoms with E-state index in [4.69, 9.17) is 4.74 Å². The normalized spacial score (nSPS) is 11.9. The Hall–Kier alpha value is -2.42.